The molecule has 2 atom stereocenters. The van der Waals surface area contributed by atoms with Crippen molar-refractivity contribution in [2.75, 3.05) is 0 Å². The SMILES string of the molecule is CC(C)(C)OC(=O)NC1(c2cn[nH]n2)CCC(F)(F)C1.II(I)I(I)I(I)I(I)I(I)I(I)I(I)I(I)I(I)I(I)I(I)I.NC1(c2cn[nH]n2)CCC(F)(F)C1. The van der Waals surface area contributed by atoms with Gasteiger partial charge in [-0.25, -0.2) is 22.4 Å². The number of aromatic amines is 2. The Labute approximate surface area is 496 Å². The van der Waals surface area contributed by atoms with E-state index in [2.05, 4.69) is 278 Å². The van der Waals surface area contributed by atoms with Gasteiger partial charge < -0.3 is 15.8 Å². The number of amides is 1. The molecule has 1 amide bonds. The fraction of sp³-hybridized carbons (Fsp3) is 0.737. The number of ether oxygens (including phenoxy) is 1. The first-order chi connectivity index (χ1) is 26.0. The Morgan fingerprint density at radius 1 is 0.649 bits per heavy atom. The summed E-state index contributed by atoms with van der Waals surface area (Å²) in [5.74, 6) is -5.50. The largest absolute Gasteiger partial charge is 0.320 e. The molecule has 2 aromatic heterocycles. The average Bonchev–Trinajstić information content (AvgIpc) is 3.93. The minimum atomic E-state index is -2.84. The van der Waals surface area contributed by atoms with Gasteiger partial charge in [-0.15, -0.1) is 0 Å². The van der Waals surface area contributed by atoms with Crippen molar-refractivity contribution in [2.24, 2.45) is 5.73 Å². The summed E-state index contributed by atoms with van der Waals surface area (Å²) < 4.78 is 58.1. The molecule has 10 nitrogen and oxygen atoms in total. The van der Waals surface area contributed by atoms with Crippen molar-refractivity contribution in [3.8, 4) is 0 Å². The molecular weight excluding hydrogens is 3490 g/mol. The monoisotopic (exact) mass is 3520 g/mol. The van der Waals surface area contributed by atoms with E-state index in [1.165, 1.54) is 12.4 Å². The predicted octanol–water partition coefficient (Wildman–Crippen LogP) is 24.4. The smallest absolute Gasteiger partial charge is 0.250 e. The van der Waals surface area contributed by atoms with Crippen LogP contribution in [0.25, 0.3) is 0 Å². The molecule has 2 saturated carbocycles. The summed E-state index contributed by atoms with van der Waals surface area (Å²) in [6.45, 7) is 5.12. The Bertz CT molecular complexity index is 1480. The average molecular weight is 3520 g/mol. The normalized spacial score (nSPS) is 23.9. The zero-order chi connectivity index (χ0) is 43.9. The Morgan fingerprint density at radius 3 is 1.32 bits per heavy atom. The molecule has 5 N–H and O–H groups in total. The van der Waals surface area contributed by atoms with E-state index in [1.807, 2.05) is 0 Å². The summed E-state index contributed by atoms with van der Waals surface area (Å²) >= 11 is 40.1. The first kappa shape index (κ1) is 67.9. The number of hydrogen-bond acceptors (Lipinski definition) is 7. The number of nitrogens with one attached hydrogen (secondary N) is 3. The van der Waals surface area contributed by atoms with Crippen LogP contribution in [0.3, 0.4) is 0 Å². The van der Waals surface area contributed by atoms with Crippen molar-refractivity contribution in [1.29, 1.82) is 0 Å². The quantitative estimate of drug-likeness (QED) is 0.115. The third-order valence-electron chi connectivity index (χ3n) is 6.38. The molecule has 57 heavy (non-hydrogen) atoms. The summed E-state index contributed by atoms with van der Waals surface area (Å²) in [4.78, 5) is 11.9. The summed E-state index contributed by atoms with van der Waals surface area (Å²) in [7, 11) is -4.75. The van der Waals surface area contributed by atoms with Crippen molar-refractivity contribution in [3.05, 3.63) is 23.8 Å². The van der Waals surface area contributed by atoms with Crippen LogP contribution in [0.5, 0.6) is 0 Å². The number of carbonyl (C=O) groups excluding carboxylic acids is 1. The number of alkyl carbamates (subject to hydrolysis) is 1. The molecule has 38 heteroatoms. The van der Waals surface area contributed by atoms with Crippen molar-refractivity contribution in [2.45, 2.75) is 87.8 Å². The van der Waals surface area contributed by atoms with E-state index in [-0.39, 0.29) is 32.1 Å². The van der Waals surface area contributed by atoms with Gasteiger partial charge in [-0.05, 0) is 33.6 Å². The van der Waals surface area contributed by atoms with Crippen molar-refractivity contribution in [1.82, 2.24) is 36.1 Å². The summed E-state index contributed by atoms with van der Waals surface area (Å²) in [5.41, 5.74) is 3.57. The maximum atomic E-state index is 13.6. The van der Waals surface area contributed by atoms with Crippen LogP contribution in [0.2, 0.25) is 0 Å². The summed E-state index contributed by atoms with van der Waals surface area (Å²) in [6.07, 6.45) is 1.03. The number of nitrogens with two attached hydrogens (primary N) is 1. The molecule has 2 unspecified atom stereocenters. The van der Waals surface area contributed by atoms with E-state index in [1.54, 1.807) is 20.8 Å². The number of rotatable bonds is 13. The number of carbonyl (C=O) groups is 1. The molecule has 0 saturated heterocycles. The van der Waals surface area contributed by atoms with Crippen LogP contribution in [-0.4, -0.2) is 54.4 Å². The van der Waals surface area contributed by atoms with E-state index >= 15 is 0 Å². The molecule has 2 aromatic rings. The molecule has 0 aromatic carbocycles. The van der Waals surface area contributed by atoms with Crippen LogP contribution in [0.4, 0.5) is 22.4 Å². The van der Waals surface area contributed by atoms with Crippen molar-refractivity contribution in [3.63, 3.8) is 0 Å². The van der Waals surface area contributed by atoms with Crippen LogP contribution >= 0.6 is 329 Å². The van der Waals surface area contributed by atoms with Gasteiger partial charge in [-0.3, -0.25) is 0 Å². The first-order valence-corrected chi connectivity index (χ1v) is 158. The molecule has 2 aliphatic carbocycles. The number of alkyl halides is 4. The molecule has 4 rings (SSSR count). The number of aromatic nitrogens is 6. The third kappa shape index (κ3) is 24.5. The fourth-order valence-electron chi connectivity index (χ4n) is 4.32. The van der Waals surface area contributed by atoms with Gasteiger partial charge in [-0.1, -0.05) is 0 Å². The van der Waals surface area contributed by atoms with Crippen LogP contribution in [0.15, 0.2) is 12.4 Å². The topological polar surface area (TPSA) is 147 Å². The van der Waals surface area contributed by atoms with Gasteiger partial charge in [0.25, 0.3) is 5.92 Å². The molecule has 2 heterocycles. The number of nitrogens with zero attached hydrogens (tertiary/aromatic N) is 4. The Balaban J connectivity index is 0.000000306. The van der Waals surface area contributed by atoms with E-state index < -0.39 is 128 Å². The predicted molar refractivity (Wildman–Crippen MR) is 444 cm³/mol. The van der Waals surface area contributed by atoms with E-state index in [0.29, 0.717) is 11.4 Å². The molecule has 0 radical (unpaired) electrons. The maximum absolute atomic E-state index is 13.6. The number of H-pyrrole nitrogens is 2. The van der Waals surface area contributed by atoms with Crippen LogP contribution in [-0.2, 0) is 15.8 Å². The van der Waals surface area contributed by atoms with E-state index in [4.69, 9.17) is 10.5 Å². The zero-order valence-electron chi connectivity index (χ0n) is 27.7. The first-order valence-electron chi connectivity index (χ1n) is 13.7. The molecule has 0 bridgehead atoms. The molecule has 0 aliphatic heterocycles. The maximum Gasteiger partial charge on any atom is 0.250 e. The van der Waals surface area contributed by atoms with Gasteiger partial charge in [0.2, 0.25) is 5.92 Å². The van der Waals surface area contributed by atoms with Crippen molar-refractivity contribution < 1.29 is 27.1 Å². The fourth-order valence-corrected chi connectivity index (χ4v) is 3780. The van der Waals surface area contributed by atoms with Crippen molar-refractivity contribution >= 4 is 335 Å². The molecule has 352 valence electrons. The molecular formula is C19H28F4I24N8O2. The number of hydrogen-bond donors (Lipinski definition) is 4. The van der Waals surface area contributed by atoms with Gasteiger partial charge in [0, 0.05) is 25.7 Å². The molecule has 2 fully saturated rings. The van der Waals surface area contributed by atoms with Crippen LogP contribution < -0.4 is 11.1 Å². The third-order valence-corrected chi connectivity index (χ3v) is 1660. The second kappa shape index (κ2) is 32.6. The van der Waals surface area contributed by atoms with Gasteiger partial charge in [0.15, 0.2) is 0 Å². The minimum absolute atomic E-state index is 0.0891. The zero-order valence-corrected chi connectivity index (χ0v) is 79.4. The number of halogens is 28. The second-order valence-corrected chi connectivity index (χ2v) is 548. The summed E-state index contributed by atoms with van der Waals surface area (Å²) in [6, 6.07) is 0. The standard InChI is InChI=1S/C12H18F2N4O2.C7H10F2N4.I24/c1-10(2,3)20-9(19)16-11(8-6-15-18-17-8)4-5-12(13,14)7-11;8-7(9)2-1-6(10,4-7)5-3-11-13-12-5;1-14(2)16(5)18(7)20(9)22(11)24(13)23(12)21(10)19(8)17(6)15(3)4/h6H,4-5,7H2,1-3H3,(H,16,19)(H,15,17,18);3H,1-2,4,10H2,(H,11,12,13);. The Morgan fingerprint density at radius 2 is 1.02 bits per heavy atom. The second-order valence-electron chi connectivity index (χ2n) is 11.4. The minimum Gasteiger partial charge on any atom is -0.320 e. The molecule has 2 aliphatic rings. The van der Waals surface area contributed by atoms with Gasteiger partial charge in [-0.2, -0.15) is 30.8 Å². The van der Waals surface area contributed by atoms with Crippen LogP contribution in [0.1, 0.15) is 70.7 Å². The Hall–Kier alpha value is 14.8. The van der Waals surface area contributed by atoms with Gasteiger partial charge >= 0.3 is 335 Å². The van der Waals surface area contributed by atoms with E-state index in [9.17, 15) is 22.4 Å². The Kier molecular flexibility index (Phi) is 38.8. The van der Waals surface area contributed by atoms with Gasteiger partial charge in [0.05, 0.1) is 23.5 Å². The van der Waals surface area contributed by atoms with Crippen LogP contribution in [0, 0.1) is 0 Å². The van der Waals surface area contributed by atoms with E-state index in [0.717, 1.165) is 0 Å². The van der Waals surface area contributed by atoms with Gasteiger partial charge in [0.1, 0.15) is 17.0 Å². The molecule has 0 spiro atoms. The summed E-state index contributed by atoms with van der Waals surface area (Å²) in [5, 5.41) is 22.1.